The van der Waals surface area contributed by atoms with Gasteiger partial charge in [-0.2, -0.15) is 0 Å². The average Bonchev–Trinajstić information content (AvgIpc) is 2.44. The fourth-order valence-electron chi connectivity index (χ4n) is 2.92. The first kappa shape index (κ1) is 14.4. The van der Waals surface area contributed by atoms with Crippen LogP contribution in [0.15, 0.2) is 0 Å². The number of hydrogen-bond acceptors (Lipinski definition) is 3. The molecule has 0 aromatic carbocycles. The number of alkyl carbamates (subject to hydrolysis) is 1. The third-order valence-electron chi connectivity index (χ3n) is 4.32. The first-order valence-corrected chi connectivity index (χ1v) is 7.71. The summed E-state index contributed by atoms with van der Waals surface area (Å²) in [5.41, 5.74) is 0. The predicted octanol–water partition coefficient (Wildman–Crippen LogP) is 3.19. The largest absolute Gasteiger partial charge is 0.450 e. The molecule has 0 radical (unpaired) electrons. The summed E-state index contributed by atoms with van der Waals surface area (Å²) in [4.78, 5) is 22.4. The lowest BCUT2D eigenvalue weighted by molar-refractivity contribution is -0.126. The van der Waals surface area contributed by atoms with Gasteiger partial charge >= 0.3 is 6.09 Å². The van der Waals surface area contributed by atoms with Crippen LogP contribution in [0.3, 0.4) is 0 Å². The molecule has 0 bridgehead atoms. The average molecular weight is 267 g/mol. The quantitative estimate of drug-likeness (QED) is 0.752. The maximum Gasteiger partial charge on any atom is 0.407 e. The van der Waals surface area contributed by atoms with Gasteiger partial charge in [-0.05, 0) is 25.2 Å². The van der Waals surface area contributed by atoms with E-state index in [1.165, 1.54) is 38.5 Å². The molecule has 2 aliphatic carbocycles. The Morgan fingerprint density at radius 2 is 1.95 bits per heavy atom. The van der Waals surface area contributed by atoms with Crippen LogP contribution >= 0.6 is 0 Å². The van der Waals surface area contributed by atoms with Crippen molar-refractivity contribution >= 4 is 11.9 Å². The number of ether oxygens (including phenoxy) is 1. The summed E-state index contributed by atoms with van der Waals surface area (Å²) in [6.45, 7) is 0.472. The van der Waals surface area contributed by atoms with Gasteiger partial charge in [-0.25, -0.2) is 4.79 Å². The van der Waals surface area contributed by atoms with Gasteiger partial charge in [-0.3, -0.25) is 4.79 Å². The van der Waals surface area contributed by atoms with Crippen molar-refractivity contribution in [2.24, 2.45) is 5.92 Å². The molecule has 1 atom stereocenters. The minimum absolute atomic E-state index is 0.120. The summed E-state index contributed by atoms with van der Waals surface area (Å²) in [7, 11) is 0. The molecule has 1 amide bonds. The molecule has 108 valence electrons. The summed E-state index contributed by atoms with van der Waals surface area (Å²) < 4.78 is 5.08. The fourth-order valence-corrected chi connectivity index (χ4v) is 2.92. The smallest absolute Gasteiger partial charge is 0.407 e. The van der Waals surface area contributed by atoms with Crippen LogP contribution in [-0.2, 0) is 9.53 Å². The summed E-state index contributed by atoms with van der Waals surface area (Å²) in [6.07, 6.45) is 11.2. The van der Waals surface area contributed by atoms with Gasteiger partial charge in [0.1, 0.15) is 0 Å². The van der Waals surface area contributed by atoms with E-state index >= 15 is 0 Å². The Morgan fingerprint density at radius 3 is 2.58 bits per heavy atom. The molecular formula is C15H25NO3. The summed E-state index contributed by atoms with van der Waals surface area (Å²) in [5.74, 6) is 1.02. The van der Waals surface area contributed by atoms with Crippen LogP contribution in [0.25, 0.3) is 0 Å². The van der Waals surface area contributed by atoms with E-state index in [0.29, 0.717) is 13.0 Å². The Balaban J connectivity index is 1.44. The second-order valence-corrected chi connectivity index (χ2v) is 5.84. The van der Waals surface area contributed by atoms with Crippen molar-refractivity contribution in [3.63, 3.8) is 0 Å². The first-order valence-electron chi connectivity index (χ1n) is 7.71. The van der Waals surface area contributed by atoms with Crippen LogP contribution in [0, 0.1) is 5.92 Å². The minimum Gasteiger partial charge on any atom is -0.450 e. The molecule has 0 aliphatic heterocycles. The van der Waals surface area contributed by atoms with Crippen LogP contribution in [0.2, 0.25) is 0 Å². The van der Waals surface area contributed by atoms with Gasteiger partial charge in [0.25, 0.3) is 0 Å². The van der Waals surface area contributed by atoms with E-state index in [1.807, 2.05) is 0 Å². The molecule has 4 heteroatoms. The maximum absolute atomic E-state index is 11.4. The lowest BCUT2D eigenvalue weighted by Gasteiger charge is -2.24. The Labute approximate surface area is 115 Å². The standard InChI is InChI=1S/C15H25NO3/c17-14-10-9-13(14)16-15(18)19-11-5-4-8-12-6-2-1-3-7-12/h12-13H,1-11H2,(H,16,18)/t13-/m1/s1. The van der Waals surface area contributed by atoms with E-state index in [9.17, 15) is 9.59 Å². The van der Waals surface area contributed by atoms with Gasteiger partial charge in [0, 0.05) is 6.42 Å². The molecule has 2 rings (SSSR count). The number of carbonyl (C=O) groups is 2. The van der Waals surface area contributed by atoms with Crippen molar-refractivity contribution < 1.29 is 14.3 Å². The second-order valence-electron chi connectivity index (χ2n) is 5.84. The van der Waals surface area contributed by atoms with E-state index in [2.05, 4.69) is 5.32 Å². The number of unbranched alkanes of at least 4 members (excludes halogenated alkanes) is 1. The van der Waals surface area contributed by atoms with Crippen LogP contribution in [0.4, 0.5) is 4.79 Å². The van der Waals surface area contributed by atoms with Crippen molar-refractivity contribution in [3.05, 3.63) is 0 Å². The maximum atomic E-state index is 11.4. The van der Waals surface area contributed by atoms with E-state index in [0.717, 1.165) is 25.2 Å². The normalized spacial score (nSPS) is 23.8. The Morgan fingerprint density at radius 1 is 1.16 bits per heavy atom. The molecule has 19 heavy (non-hydrogen) atoms. The minimum atomic E-state index is -0.435. The van der Waals surface area contributed by atoms with Crippen LogP contribution in [0.1, 0.15) is 64.2 Å². The van der Waals surface area contributed by atoms with Crippen LogP contribution < -0.4 is 5.32 Å². The van der Waals surface area contributed by atoms with Crippen molar-refractivity contribution in [1.82, 2.24) is 5.32 Å². The van der Waals surface area contributed by atoms with Crippen molar-refractivity contribution in [2.45, 2.75) is 70.3 Å². The zero-order valence-electron chi connectivity index (χ0n) is 11.7. The lowest BCUT2D eigenvalue weighted by Crippen LogP contribution is -2.47. The zero-order chi connectivity index (χ0) is 13.5. The number of hydrogen-bond donors (Lipinski definition) is 1. The van der Waals surface area contributed by atoms with Gasteiger partial charge in [-0.1, -0.05) is 38.5 Å². The molecule has 0 aromatic heterocycles. The molecule has 2 fully saturated rings. The molecule has 0 saturated heterocycles. The SMILES string of the molecule is O=C(N[C@@H]1CCC1=O)OCCCCC1CCCCC1. The molecule has 4 nitrogen and oxygen atoms in total. The second kappa shape index (κ2) is 7.51. The summed E-state index contributed by atoms with van der Waals surface area (Å²) >= 11 is 0. The highest BCUT2D eigenvalue weighted by molar-refractivity contribution is 5.92. The lowest BCUT2D eigenvalue weighted by atomic mass is 9.86. The third-order valence-corrected chi connectivity index (χ3v) is 4.32. The zero-order valence-corrected chi connectivity index (χ0v) is 11.7. The number of ketones is 1. The highest BCUT2D eigenvalue weighted by Crippen LogP contribution is 2.27. The van der Waals surface area contributed by atoms with Crippen molar-refractivity contribution in [2.75, 3.05) is 6.61 Å². The van der Waals surface area contributed by atoms with Crippen LogP contribution in [0.5, 0.6) is 0 Å². The topological polar surface area (TPSA) is 55.4 Å². The molecule has 0 spiro atoms. The number of rotatable bonds is 6. The Bertz CT molecular complexity index is 311. The van der Waals surface area contributed by atoms with Crippen molar-refractivity contribution in [1.29, 1.82) is 0 Å². The first-order chi connectivity index (χ1) is 9.25. The highest BCUT2D eigenvalue weighted by Gasteiger charge is 2.29. The van der Waals surface area contributed by atoms with Gasteiger partial charge in [0.15, 0.2) is 5.78 Å². The van der Waals surface area contributed by atoms with E-state index in [1.54, 1.807) is 0 Å². The summed E-state index contributed by atoms with van der Waals surface area (Å²) in [6, 6.07) is -0.283. The van der Waals surface area contributed by atoms with Gasteiger partial charge in [0.2, 0.25) is 0 Å². The highest BCUT2D eigenvalue weighted by atomic mass is 16.5. The Hall–Kier alpha value is -1.06. The monoisotopic (exact) mass is 267 g/mol. The van der Waals surface area contributed by atoms with E-state index < -0.39 is 6.09 Å². The van der Waals surface area contributed by atoms with Crippen LogP contribution in [-0.4, -0.2) is 24.5 Å². The fraction of sp³-hybridized carbons (Fsp3) is 0.867. The predicted molar refractivity (Wildman–Crippen MR) is 72.9 cm³/mol. The molecule has 0 unspecified atom stereocenters. The van der Waals surface area contributed by atoms with Gasteiger partial charge in [-0.15, -0.1) is 0 Å². The van der Waals surface area contributed by atoms with Gasteiger partial charge in [0.05, 0.1) is 12.6 Å². The number of carbonyl (C=O) groups excluding carboxylic acids is 2. The summed E-state index contributed by atoms with van der Waals surface area (Å²) in [5, 5.41) is 2.60. The Kier molecular flexibility index (Phi) is 5.67. The number of amides is 1. The molecule has 0 aromatic rings. The molecule has 2 aliphatic rings. The molecule has 2 saturated carbocycles. The molecule has 0 heterocycles. The molecule has 1 N–H and O–H groups in total. The van der Waals surface area contributed by atoms with E-state index in [4.69, 9.17) is 4.74 Å². The van der Waals surface area contributed by atoms with Gasteiger partial charge < -0.3 is 10.1 Å². The number of Topliss-reactive ketones (excluding diaryl/α,β-unsaturated/α-hetero) is 1. The van der Waals surface area contributed by atoms with E-state index in [-0.39, 0.29) is 11.8 Å². The molecular weight excluding hydrogens is 242 g/mol. The number of nitrogens with one attached hydrogen (secondary N) is 1. The van der Waals surface area contributed by atoms with Crippen molar-refractivity contribution in [3.8, 4) is 0 Å². The third kappa shape index (κ3) is 4.84.